The van der Waals surface area contributed by atoms with E-state index in [-0.39, 0.29) is 23.2 Å². The van der Waals surface area contributed by atoms with Crippen LogP contribution in [-0.4, -0.2) is 70.0 Å². The fourth-order valence-corrected chi connectivity index (χ4v) is 5.85. The lowest BCUT2D eigenvalue weighted by Crippen LogP contribution is -2.51. The molecule has 2 aromatic carbocycles. The number of nitrogens with zero attached hydrogens (tertiary/aromatic N) is 4. The highest BCUT2D eigenvalue weighted by atomic mass is 19.4. The number of amides is 3. The first-order chi connectivity index (χ1) is 21.4. The normalized spacial score (nSPS) is 15.8. The summed E-state index contributed by atoms with van der Waals surface area (Å²) in [4.78, 5) is 56.4. The second kappa shape index (κ2) is 12.7. The molecule has 2 aliphatic heterocycles. The fourth-order valence-electron chi connectivity index (χ4n) is 5.85. The van der Waals surface area contributed by atoms with Crippen LogP contribution in [0.15, 0.2) is 58.3 Å². The summed E-state index contributed by atoms with van der Waals surface area (Å²) < 4.78 is 50.7. The van der Waals surface area contributed by atoms with Gasteiger partial charge in [-0.15, -0.1) is 13.2 Å². The molecule has 2 aliphatic rings. The molecule has 0 atom stereocenters. The van der Waals surface area contributed by atoms with Gasteiger partial charge in [-0.25, -0.2) is 9.59 Å². The Bertz CT molecular complexity index is 1710. The van der Waals surface area contributed by atoms with Crippen LogP contribution in [0.25, 0.3) is 11.1 Å². The van der Waals surface area contributed by atoms with Gasteiger partial charge in [-0.3, -0.25) is 18.7 Å². The molecule has 5 rings (SSSR count). The third-order valence-corrected chi connectivity index (χ3v) is 8.11. The summed E-state index contributed by atoms with van der Waals surface area (Å²) in [5, 5.41) is 2.96. The van der Waals surface area contributed by atoms with Crippen molar-refractivity contribution in [1.29, 1.82) is 0 Å². The largest absolute Gasteiger partial charge is 0.573 e. The summed E-state index contributed by atoms with van der Waals surface area (Å²) >= 11 is 0. The number of piperidine rings is 1. The molecule has 0 unspecified atom stereocenters. The number of aromatic nitrogens is 2. The van der Waals surface area contributed by atoms with Crippen LogP contribution in [0.1, 0.15) is 38.3 Å². The van der Waals surface area contributed by atoms with E-state index in [1.54, 1.807) is 36.8 Å². The molecule has 14 heteroatoms. The number of anilines is 1. The van der Waals surface area contributed by atoms with Crippen LogP contribution in [0.3, 0.4) is 0 Å². The summed E-state index contributed by atoms with van der Waals surface area (Å²) in [6, 6.07) is 9.70. The Labute approximate surface area is 256 Å². The lowest BCUT2D eigenvalue weighted by Gasteiger charge is -2.38. The second-order valence-electron chi connectivity index (χ2n) is 11.3. The first-order valence-corrected chi connectivity index (χ1v) is 14.6. The molecule has 0 spiro atoms. The van der Waals surface area contributed by atoms with Crippen LogP contribution < -0.4 is 26.0 Å². The van der Waals surface area contributed by atoms with Gasteiger partial charge in [-0.1, -0.05) is 18.2 Å². The summed E-state index contributed by atoms with van der Waals surface area (Å²) in [5.41, 5.74) is -0.218. The van der Waals surface area contributed by atoms with Gasteiger partial charge in [0.15, 0.2) is 0 Å². The number of benzene rings is 2. The van der Waals surface area contributed by atoms with Crippen molar-refractivity contribution in [3.8, 4) is 22.6 Å². The summed E-state index contributed by atoms with van der Waals surface area (Å²) in [6.45, 7) is 3.93. The van der Waals surface area contributed by atoms with Crippen molar-refractivity contribution in [3.05, 3.63) is 75.1 Å². The van der Waals surface area contributed by atoms with Crippen molar-refractivity contribution >= 4 is 17.6 Å². The van der Waals surface area contributed by atoms with Crippen LogP contribution in [0.2, 0.25) is 0 Å². The van der Waals surface area contributed by atoms with Crippen molar-refractivity contribution < 1.29 is 32.2 Å². The minimum absolute atomic E-state index is 0.104. The molecule has 0 radical (unpaired) electrons. The number of para-hydroxylation sites is 1. The van der Waals surface area contributed by atoms with Crippen LogP contribution >= 0.6 is 0 Å². The van der Waals surface area contributed by atoms with Gasteiger partial charge in [0.25, 0.3) is 5.56 Å². The van der Waals surface area contributed by atoms with E-state index in [9.17, 15) is 32.3 Å². The van der Waals surface area contributed by atoms with Crippen molar-refractivity contribution in [2.24, 2.45) is 0 Å². The van der Waals surface area contributed by atoms with Crippen LogP contribution in [0.5, 0.6) is 11.5 Å². The first-order valence-electron chi connectivity index (χ1n) is 14.6. The van der Waals surface area contributed by atoms with Crippen LogP contribution in [0.4, 0.5) is 23.7 Å². The number of alkyl halides is 3. The molecule has 3 amide bonds. The summed E-state index contributed by atoms with van der Waals surface area (Å²) in [6.07, 6.45) is -2.21. The molecule has 1 fully saturated rings. The third kappa shape index (κ3) is 6.84. The maximum atomic E-state index is 13.4. The average Bonchev–Trinajstić information content (AvgIpc) is 3.15. The number of hydrogen-bond acceptors (Lipinski definition) is 6. The Morgan fingerprint density at radius 1 is 1.02 bits per heavy atom. The van der Waals surface area contributed by atoms with Gasteiger partial charge in [0.05, 0.1) is 12.7 Å². The molecule has 1 saturated heterocycles. The number of methoxy groups -OCH3 is 1. The molecular weight excluding hydrogens is 595 g/mol. The number of urea groups is 1. The number of rotatable bonds is 7. The Hall–Kier alpha value is -4.75. The number of likely N-dealkylation sites (tertiary alicyclic amines) is 1. The Balaban J connectivity index is 1.32. The molecule has 1 aromatic heterocycles. The molecule has 45 heavy (non-hydrogen) atoms. The molecular formula is C31H34F3N5O6. The number of halogens is 3. The van der Waals surface area contributed by atoms with Crippen molar-refractivity contribution in [1.82, 2.24) is 18.9 Å². The van der Waals surface area contributed by atoms with E-state index in [0.717, 1.165) is 32.6 Å². The SMILES string of the molecule is COc1ccc2c(c1)CCN(C1CCN(C(=O)Cn3cc(-c4ccccc4OC(F)(F)F)c(=O)n(C(C)C)c3=O)CC1)C(=O)N2. The van der Waals surface area contributed by atoms with Crippen molar-refractivity contribution in [2.75, 3.05) is 32.1 Å². The minimum atomic E-state index is -5.00. The van der Waals surface area contributed by atoms with E-state index < -0.39 is 41.9 Å². The van der Waals surface area contributed by atoms with Gasteiger partial charge in [0, 0.05) is 49.2 Å². The molecule has 3 aromatic rings. The van der Waals surface area contributed by atoms with Gasteiger partial charge < -0.3 is 24.6 Å². The van der Waals surface area contributed by atoms with E-state index in [1.807, 2.05) is 12.1 Å². The highest BCUT2D eigenvalue weighted by Gasteiger charge is 2.34. The number of fused-ring (bicyclic) bond motifs is 1. The van der Waals surface area contributed by atoms with Gasteiger partial charge in [0.2, 0.25) is 5.91 Å². The lowest BCUT2D eigenvalue weighted by molar-refractivity contribution is -0.274. The molecule has 0 aliphatic carbocycles. The Morgan fingerprint density at radius 3 is 2.40 bits per heavy atom. The van der Waals surface area contributed by atoms with Gasteiger partial charge in [0.1, 0.15) is 18.0 Å². The molecule has 3 heterocycles. The molecule has 1 N–H and O–H groups in total. The zero-order valence-electron chi connectivity index (χ0n) is 25.1. The molecule has 240 valence electrons. The fraction of sp³-hybridized carbons (Fsp3) is 0.419. The number of carbonyl (C=O) groups excluding carboxylic acids is 2. The summed E-state index contributed by atoms with van der Waals surface area (Å²) in [5.74, 6) is -0.289. The number of nitrogens with one attached hydrogen (secondary N) is 1. The van der Waals surface area contributed by atoms with E-state index >= 15 is 0 Å². The van der Waals surface area contributed by atoms with Gasteiger partial charge in [-0.2, -0.15) is 0 Å². The molecule has 0 saturated carbocycles. The zero-order chi connectivity index (χ0) is 32.5. The van der Waals surface area contributed by atoms with E-state index in [4.69, 9.17) is 4.74 Å². The minimum Gasteiger partial charge on any atom is -0.497 e. The van der Waals surface area contributed by atoms with Gasteiger partial charge >= 0.3 is 18.1 Å². The van der Waals surface area contributed by atoms with Crippen molar-refractivity contribution in [3.63, 3.8) is 0 Å². The monoisotopic (exact) mass is 629 g/mol. The van der Waals surface area contributed by atoms with Gasteiger partial charge in [-0.05, 0) is 62.9 Å². The smallest absolute Gasteiger partial charge is 0.497 e. The van der Waals surface area contributed by atoms with Crippen LogP contribution in [0, 0.1) is 0 Å². The molecule has 0 bridgehead atoms. The average molecular weight is 630 g/mol. The predicted molar refractivity (Wildman–Crippen MR) is 159 cm³/mol. The van der Waals surface area contributed by atoms with E-state index in [2.05, 4.69) is 10.1 Å². The standard InChI is InChI=1S/C31H34F3N5O6/c1-19(2)39-28(41)24(23-6-4-5-7-26(23)45-31(32,33)34)17-37(30(39)43)18-27(40)36-13-11-21(12-14-36)38-15-10-20-16-22(44-3)8-9-25(20)35-29(38)42/h4-9,16-17,19,21H,10-15,18H2,1-3H3,(H,35,42). The number of ether oxygens (including phenoxy) is 2. The maximum Gasteiger partial charge on any atom is 0.573 e. The number of hydrogen-bond donors (Lipinski definition) is 1. The van der Waals surface area contributed by atoms with E-state index in [1.165, 1.54) is 18.2 Å². The lowest BCUT2D eigenvalue weighted by atomic mass is 10.0. The predicted octanol–water partition coefficient (Wildman–Crippen LogP) is 4.25. The maximum absolute atomic E-state index is 13.4. The quantitative estimate of drug-likeness (QED) is 0.418. The second-order valence-corrected chi connectivity index (χ2v) is 11.3. The highest BCUT2D eigenvalue weighted by molar-refractivity contribution is 5.91. The first kappa shape index (κ1) is 31.7. The number of carbonyl (C=O) groups is 2. The van der Waals surface area contributed by atoms with E-state index in [0.29, 0.717) is 44.6 Å². The Morgan fingerprint density at radius 2 is 1.73 bits per heavy atom. The third-order valence-electron chi connectivity index (χ3n) is 8.11. The highest BCUT2D eigenvalue weighted by Crippen LogP contribution is 2.32. The Kier molecular flexibility index (Phi) is 8.94. The zero-order valence-corrected chi connectivity index (χ0v) is 25.1. The topological polar surface area (TPSA) is 115 Å². The van der Waals surface area contributed by atoms with Crippen molar-refractivity contribution in [2.45, 2.75) is 58.1 Å². The molecule has 11 nitrogen and oxygen atoms in total. The summed E-state index contributed by atoms with van der Waals surface area (Å²) in [7, 11) is 1.58. The van der Waals surface area contributed by atoms with Crippen LogP contribution in [-0.2, 0) is 17.8 Å².